The average molecular weight is 469 g/mol. The van der Waals surface area contributed by atoms with Gasteiger partial charge < -0.3 is 14.2 Å². The maximum Gasteiger partial charge on any atom is 0.232 e. The number of carbonyl (C=O) groups excluding carboxylic acids is 1. The predicted molar refractivity (Wildman–Crippen MR) is 116 cm³/mol. The maximum absolute atomic E-state index is 13.8. The van der Waals surface area contributed by atoms with Crippen LogP contribution in [0.1, 0.15) is 27.0 Å². The average Bonchev–Trinajstić information content (AvgIpc) is 3.03. The minimum Gasteiger partial charge on any atom is -0.496 e. The molecule has 30 heavy (non-hydrogen) atoms. The number of hydrogen-bond donors (Lipinski definition) is 0. The van der Waals surface area contributed by atoms with E-state index in [0.29, 0.717) is 28.4 Å². The van der Waals surface area contributed by atoms with Crippen molar-refractivity contribution in [3.63, 3.8) is 0 Å². The van der Waals surface area contributed by atoms with Gasteiger partial charge in [-0.3, -0.25) is 4.79 Å². The lowest BCUT2D eigenvalue weighted by atomic mass is 10.0. The number of rotatable bonds is 5. The number of allylic oxidation sites excluding steroid dienone is 1. The fourth-order valence-electron chi connectivity index (χ4n) is 3.30. The topological polar surface area (TPSA) is 44.8 Å². The van der Waals surface area contributed by atoms with Crippen LogP contribution in [0, 0.1) is 12.7 Å². The molecule has 0 amide bonds. The Balaban J connectivity index is 1.61. The van der Waals surface area contributed by atoms with E-state index in [1.54, 1.807) is 43.5 Å². The number of fused-ring (bicyclic) bond motifs is 1. The van der Waals surface area contributed by atoms with Gasteiger partial charge in [0.1, 0.15) is 29.7 Å². The molecule has 3 aromatic carbocycles. The van der Waals surface area contributed by atoms with Gasteiger partial charge in [0.05, 0.1) is 12.7 Å². The number of aryl methyl sites for hydroxylation is 1. The molecule has 0 fully saturated rings. The third-order valence-corrected chi connectivity index (χ3v) is 5.27. The lowest BCUT2D eigenvalue weighted by Crippen LogP contribution is -2.01. The van der Waals surface area contributed by atoms with Gasteiger partial charge in [0, 0.05) is 21.7 Å². The monoisotopic (exact) mass is 468 g/mol. The van der Waals surface area contributed by atoms with Crippen molar-refractivity contribution in [2.75, 3.05) is 7.11 Å². The Kier molecular flexibility index (Phi) is 5.59. The van der Waals surface area contributed by atoms with E-state index in [9.17, 15) is 9.18 Å². The van der Waals surface area contributed by atoms with Gasteiger partial charge in [-0.25, -0.2) is 4.39 Å². The van der Waals surface area contributed by atoms with Crippen molar-refractivity contribution in [2.24, 2.45) is 0 Å². The summed E-state index contributed by atoms with van der Waals surface area (Å²) in [5.41, 5.74) is 2.39. The lowest BCUT2D eigenvalue weighted by Gasteiger charge is -2.09. The van der Waals surface area contributed by atoms with Crippen molar-refractivity contribution in [1.29, 1.82) is 0 Å². The van der Waals surface area contributed by atoms with E-state index < -0.39 is 0 Å². The van der Waals surface area contributed by atoms with Crippen molar-refractivity contribution in [2.45, 2.75) is 13.5 Å². The Bertz CT molecular complexity index is 1170. The van der Waals surface area contributed by atoms with Crippen molar-refractivity contribution >= 4 is 27.8 Å². The SMILES string of the molecule is COc1ccc(Br)cc1/C=C1\Oc2cc(OCc3ccccc3F)cc(C)c2C1=O. The molecule has 1 heterocycles. The number of methoxy groups -OCH3 is 1. The van der Waals surface area contributed by atoms with Crippen molar-refractivity contribution in [3.05, 3.63) is 92.9 Å². The molecule has 0 saturated carbocycles. The Morgan fingerprint density at radius 3 is 2.70 bits per heavy atom. The molecule has 0 spiro atoms. The van der Waals surface area contributed by atoms with E-state index in [1.807, 2.05) is 25.1 Å². The first-order valence-corrected chi connectivity index (χ1v) is 10.0. The Morgan fingerprint density at radius 2 is 1.93 bits per heavy atom. The Labute approximate surface area is 182 Å². The van der Waals surface area contributed by atoms with Crippen LogP contribution in [0.2, 0.25) is 0 Å². The van der Waals surface area contributed by atoms with Crippen LogP contribution < -0.4 is 14.2 Å². The van der Waals surface area contributed by atoms with Crippen molar-refractivity contribution in [3.8, 4) is 17.2 Å². The molecular weight excluding hydrogens is 451 g/mol. The van der Waals surface area contributed by atoms with Crippen molar-refractivity contribution < 1.29 is 23.4 Å². The van der Waals surface area contributed by atoms with E-state index >= 15 is 0 Å². The largest absolute Gasteiger partial charge is 0.496 e. The molecule has 3 aromatic rings. The first-order valence-electron chi connectivity index (χ1n) is 9.25. The molecule has 0 saturated heterocycles. The van der Waals surface area contributed by atoms with Crippen LogP contribution in [0.4, 0.5) is 4.39 Å². The zero-order valence-electron chi connectivity index (χ0n) is 16.4. The van der Waals surface area contributed by atoms with Crippen LogP contribution in [0.15, 0.2) is 64.8 Å². The van der Waals surface area contributed by atoms with Crippen LogP contribution in [0.5, 0.6) is 17.2 Å². The number of ketones is 1. The highest BCUT2D eigenvalue weighted by Crippen LogP contribution is 2.38. The van der Waals surface area contributed by atoms with Gasteiger partial charge in [-0.05, 0) is 48.9 Å². The fourth-order valence-corrected chi connectivity index (χ4v) is 3.68. The molecule has 4 rings (SSSR count). The van der Waals surface area contributed by atoms with Gasteiger partial charge in [0.25, 0.3) is 0 Å². The van der Waals surface area contributed by atoms with Gasteiger partial charge >= 0.3 is 0 Å². The summed E-state index contributed by atoms with van der Waals surface area (Å²) in [6, 6.07) is 15.4. The highest BCUT2D eigenvalue weighted by molar-refractivity contribution is 9.10. The molecule has 0 radical (unpaired) electrons. The van der Waals surface area contributed by atoms with E-state index in [1.165, 1.54) is 6.07 Å². The summed E-state index contributed by atoms with van der Waals surface area (Å²) in [6.45, 7) is 1.90. The summed E-state index contributed by atoms with van der Waals surface area (Å²) in [6.07, 6.45) is 1.66. The highest BCUT2D eigenvalue weighted by Gasteiger charge is 2.30. The van der Waals surface area contributed by atoms with Crippen LogP contribution in [-0.2, 0) is 6.61 Å². The molecular formula is C24H18BrFO4. The van der Waals surface area contributed by atoms with Crippen LogP contribution >= 0.6 is 15.9 Å². The van der Waals surface area contributed by atoms with Gasteiger partial charge in [-0.1, -0.05) is 34.1 Å². The fraction of sp³-hybridized carbons (Fsp3) is 0.125. The molecule has 1 aliphatic heterocycles. The Hall–Kier alpha value is -3.12. The third kappa shape index (κ3) is 3.96. The Morgan fingerprint density at radius 1 is 1.13 bits per heavy atom. The summed E-state index contributed by atoms with van der Waals surface area (Å²) >= 11 is 3.43. The first-order chi connectivity index (χ1) is 14.5. The second kappa shape index (κ2) is 8.32. The van der Waals surface area contributed by atoms with Gasteiger partial charge in [-0.2, -0.15) is 0 Å². The van der Waals surface area contributed by atoms with Crippen LogP contribution in [0.3, 0.4) is 0 Å². The first kappa shape index (κ1) is 20.2. The molecule has 152 valence electrons. The molecule has 0 unspecified atom stereocenters. The second-order valence-corrected chi connectivity index (χ2v) is 7.74. The van der Waals surface area contributed by atoms with E-state index in [4.69, 9.17) is 14.2 Å². The van der Waals surface area contributed by atoms with Gasteiger partial charge in [0.15, 0.2) is 5.76 Å². The molecule has 0 aliphatic carbocycles. The van der Waals surface area contributed by atoms with Gasteiger partial charge in [-0.15, -0.1) is 0 Å². The molecule has 1 aliphatic rings. The molecule has 6 heteroatoms. The van der Waals surface area contributed by atoms with E-state index in [0.717, 1.165) is 15.6 Å². The minimum absolute atomic E-state index is 0.0801. The number of hydrogen-bond acceptors (Lipinski definition) is 4. The zero-order valence-corrected chi connectivity index (χ0v) is 18.0. The molecule has 0 aromatic heterocycles. The number of Topliss-reactive ketones (excluding diaryl/α,β-unsaturated/α-hetero) is 1. The molecule has 0 atom stereocenters. The summed E-state index contributed by atoms with van der Waals surface area (Å²) in [7, 11) is 1.57. The minimum atomic E-state index is -0.324. The van der Waals surface area contributed by atoms with Crippen molar-refractivity contribution in [1.82, 2.24) is 0 Å². The maximum atomic E-state index is 13.8. The smallest absolute Gasteiger partial charge is 0.232 e. The lowest BCUT2D eigenvalue weighted by molar-refractivity contribution is 0.101. The summed E-state index contributed by atoms with van der Waals surface area (Å²) < 4.78 is 31.6. The third-order valence-electron chi connectivity index (χ3n) is 4.77. The normalized spacial score (nSPS) is 13.9. The zero-order chi connectivity index (χ0) is 21.3. The van der Waals surface area contributed by atoms with Gasteiger partial charge in [0.2, 0.25) is 5.78 Å². The molecule has 0 N–H and O–H groups in total. The summed E-state index contributed by atoms with van der Waals surface area (Å²) in [5.74, 6) is 1.23. The van der Waals surface area contributed by atoms with E-state index in [-0.39, 0.29) is 24.0 Å². The predicted octanol–water partition coefficient (Wildman–Crippen LogP) is 6.10. The number of carbonyl (C=O) groups is 1. The number of benzene rings is 3. The molecule has 4 nitrogen and oxygen atoms in total. The van der Waals surface area contributed by atoms with E-state index in [2.05, 4.69) is 15.9 Å². The standard InChI is InChI=1S/C24H18BrFO4/c1-14-9-18(29-13-15-5-3-4-6-19(15)26)12-21-23(14)24(27)22(30-21)11-16-10-17(25)7-8-20(16)28-2/h3-12H,13H2,1-2H3/b22-11-. The number of halogens is 2. The van der Waals surface area contributed by atoms with Crippen LogP contribution in [0.25, 0.3) is 6.08 Å². The number of ether oxygens (including phenoxy) is 3. The highest BCUT2D eigenvalue weighted by atomic mass is 79.9. The van der Waals surface area contributed by atoms with Crippen LogP contribution in [-0.4, -0.2) is 12.9 Å². The summed E-state index contributed by atoms with van der Waals surface area (Å²) in [4.78, 5) is 12.9. The second-order valence-electron chi connectivity index (χ2n) is 6.82. The summed E-state index contributed by atoms with van der Waals surface area (Å²) in [5, 5.41) is 0. The molecule has 0 bridgehead atoms. The quantitative estimate of drug-likeness (QED) is 0.424.